The second kappa shape index (κ2) is 8.65. The van der Waals surface area contributed by atoms with Crippen LogP contribution in [0.5, 0.6) is 0 Å². The van der Waals surface area contributed by atoms with Crippen LogP contribution in [0, 0.1) is 27.7 Å². The van der Waals surface area contributed by atoms with Crippen LogP contribution in [-0.2, 0) is 6.42 Å². The molecule has 29 heavy (non-hydrogen) atoms. The Morgan fingerprint density at radius 3 is 2.21 bits per heavy atom. The molecule has 0 aliphatic carbocycles. The molecule has 6 nitrogen and oxygen atoms in total. The van der Waals surface area contributed by atoms with Crippen LogP contribution in [0.1, 0.15) is 44.0 Å². The number of imide groups is 1. The summed E-state index contributed by atoms with van der Waals surface area (Å²) in [6, 6.07) is 13.2. The molecule has 1 heterocycles. The van der Waals surface area contributed by atoms with E-state index in [1.807, 2.05) is 45.9 Å². The number of amides is 3. The second-order valence-electron chi connectivity index (χ2n) is 7.12. The van der Waals surface area contributed by atoms with Crippen LogP contribution in [0.4, 0.5) is 10.6 Å². The maximum Gasteiger partial charge on any atom is 0.327 e. The lowest BCUT2D eigenvalue weighted by Gasteiger charge is -2.11. The van der Waals surface area contributed by atoms with Gasteiger partial charge in [0.2, 0.25) is 0 Å². The van der Waals surface area contributed by atoms with Gasteiger partial charge in [-0.1, -0.05) is 48.0 Å². The number of anilines is 1. The number of carbonyl (C=O) groups excluding carboxylic acids is 2. The molecule has 0 saturated carbocycles. The summed E-state index contributed by atoms with van der Waals surface area (Å²) < 4.78 is 0. The molecule has 0 spiro atoms. The third-order valence-corrected chi connectivity index (χ3v) is 4.72. The fourth-order valence-electron chi connectivity index (χ4n) is 3.13. The van der Waals surface area contributed by atoms with Crippen molar-refractivity contribution in [2.45, 2.75) is 34.1 Å². The zero-order chi connectivity index (χ0) is 21.0. The van der Waals surface area contributed by atoms with E-state index in [-0.39, 0.29) is 0 Å². The minimum Gasteiger partial charge on any atom is -0.291 e. The average Bonchev–Trinajstić information content (AvgIpc) is 2.65. The first-order chi connectivity index (χ1) is 13.8. The van der Waals surface area contributed by atoms with Gasteiger partial charge in [0.15, 0.2) is 5.82 Å². The number of rotatable bonds is 4. The summed E-state index contributed by atoms with van der Waals surface area (Å²) in [5.41, 5.74) is 6.04. The summed E-state index contributed by atoms with van der Waals surface area (Å²) in [5, 5.41) is 4.93. The number of aromatic nitrogens is 2. The van der Waals surface area contributed by atoms with E-state index in [0.29, 0.717) is 17.8 Å². The Bertz CT molecular complexity index is 1040. The largest absolute Gasteiger partial charge is 0.327 e. The van der Waals surface area contributed by atoms with Crippen molar-refractivity contribution in [3.8, 4) is 0 Å². The van der Waals surface area contributed by atoms with E-state index in [9.17, 15) is 9.59 Å². The second-order valence-corrected chi connectivity index (χ2v) is 7.12. The van der Waals surface area contributed by atoms with Gasteiger partial charge >= 0.3 is 6.03 Å². The molecule has 0 fully saturated rings. The van der Waals surface area contributed by atoms with E-state index in [1.165, 1.54) is 11.8 Å². The zero-order valence-corrected chi connectivity index (χ0v) is 17.0. The van der Waals surface area contributed by atoms with Gasteiger partial charge in [0, 0.05) is 12.0 Å². The lowest BCUT2D eigenvalue weighted by molar-refractivity contribution is 0.0966. The molecule has 3 aromatic rings. The number of urea groups is 1. The number of aryl methyl sites for hydroxylation is 4. The Labute approximate surface area is 170 Å². The van der Waals surface area contributed by atoms with Gasteiger partial charge in [0.05, 0.1) is 17.6 Å². The molecule has 3 amide bonds. The van der Waals surface area contributed by atoms with Crippen molar-refractivity contribution in [1.29, 1.82) is 0 Å². The SMILES string of the molecule is Cc1ccc(Cc2ncc(NC(=O)NC(=O)c3c(C)cccc3C)nc2C)cc1. The van der Waals surface area contributed by atoms with Crippen molar-refractivity contribution in [2.24, 2.45) is 0 Å². The van der Waals surface area contributed by atoms with Gasteiger partial charge in [-0.3, -0.25) is 20.4 Å². The number of benzene rings is 2. The molecule has 1 aromatic heterocycles. The highest BCUT2D eigenvalue weighted by atomic mass is 16.2. The van der Waals surface area contributed by atoms with E-state index in [0.717, 1.165) is 28.1 Å². The lowest BCUT2D eigenvalue weighted by Crippen LogP contribution is -2.35. The molecule has 2 N–H and O–H groups in total. The number of hydrogen-bond acceptors (Lipinski definition) is 4. The zero-order valence-electron chi connectivity index (χ0n) is 17.0. The highest BCUT2D eigenvalue weighted by molar-refractivity contribution is 6.09. The molecule has 0 aliphatic heterocycles. The smallest absolute Gasteiger partial charge is 0.291 e. The summed E-state index contributed by atoms with van der Waals surface area (Å²) in [5.74, 6) is -0.152. The predicted octanol–water partition coefficient (Wildman–Crippen LogP) is 4.26. The van der Waals surface area contributed by atoms with Crippen molar-refractivity contribution in [1.82, 2.24) is 15.3 Å². The van der Waals surface area contributed by atoms with E-state index >= 15 is 0 Å². The molecule has 0 atom stereocenters. The van der Waals surface area contributed by atoms with Gasteiger partial charge in [-0.15, -0.1) is 0 Å². The Hall–Kier alpha value is -3.54. The van der Waals surface area contributed by atoms with E-state index in [1.54, 1.807) is 0 Å². The summed E-state index contributed by atoms with van der Waals surface area (Å²) in [7, 11) is 0. The monoisotopic (exact) mass is 388 g/mol. The quantitative estimate of drug-likeness (QED) is 0.699. The van der Waals surface area contributed by atoms with E-state index in [4.69, 9.17) is 0 Å². The minimum atomic E-state index is -0.641. The summed E-state index contributed by atoms with van der Waals surface area (Å²) >= 11 is 0. The van der Waals surface area contributed by atoms with Crippen LogP contribution >= 0.6 is 0 Å². The Morgan fingerprint density at radius 1 is 0.931 bits per heavy atom. The van der Waals surface area contributed by atoms with Crippen LogP contribution in [0.15, 0.2) is 48.7 Å². The standard InChI is InChI=1S/C23H24N4O2/c1-14-8-10-18(11-9-14)12-19-17(4)25-20(13-24-19)26-23(29)27-22(28)21-15(2)6-5-7-16(21)3/h5-11,13H,12H2,1-4H3,(H2,25,26,27,28,29). The number of hydrogen-bond donors (Lipinski definition) is 2. The molecule has 0 aliphatic rings. The van der Waals surface area contributed by atoms with Crippen molar-refractivity contribution in [3.05, 3.63) is 87.9 Å². The molecule has 0 unspecified atom stereocenters. The fourth-order valence-corrected chi connectivity index (χ4v) is 3.13. The van der Waals surface area contributed by atoms with Gasteiger partial charge in [-0.25, -0.2) is 9.78 Å². The van der Waals surface area contributed by atoms with Gasteiger partial charge < -0.3 is 0 Å². The Morgan fingerprint density at radius 2 is 1.59 bits per heavy atom. The highest BCUT2D eigenvalue weighted by Gasteiger charge is 2.15. The van der Waals surface area contributed by atoms with Crippen LogP contribution in [0.2, 0.25) is 0 Å². The van der Waals surface area contributed by atoms with Crippen LogP contribution in [-0.4, -0.2) is 21.9 Å². The summed E-state index contributed by atoms with van der Waals surface area (Å²) in [4.78, 5) is 33.5. The maximum atomic E-state index is 12.4. The molecule has 0 saturated heterocycles. The molecule has 0 radical (unpaired) electrons. The number of nitrogens with one attached hydrogen (secondary N) is 2. The number of carbonyl (C=O) groups is 2. The molecule has 2 aromatic carbocycles. The van der Waals surface area contributed by atoms with Crippen molar-refractivity contribution in [2.75, 3.05) is 5.32 Å². The third-order valence-electron chi connectivity index (χ3n) is 4.72. The van der Waals surface area contributed by atoms with Crippen LogP contribution in [0.3, 0.4) is 0 Å². The van der Waals surface area contributed by atoms with Gasteiger partial charge in [0.1, 0.15) is 0 Å². The van der Waals surface area contributed by atoms with Crippen molar-refractivity contribution >= 4 is 17.8 Å². The Balaban J connectivity index is 1.65. The van der Waals surface area contributed by atoms with Crippen molar-refractivity contribution in [3.63, 3.8) is 0 Å². The molecular formula is C23H24N4O2. The van der Waals surface area contributed by atoms with Gasteiger partial charge in [0.25, 0.3) is 5.91 Å². The predicted molar refractivity (Wildman–Crippen MR) is 113 cm³/mol. The van der Waals surface area contributed by atoms with E-state index in [2.05, 4.69) is 44.9 Å². The van der Waals surface area contributed by atoms with Crippen LogP contribution in [0.25, 0.3) is 0 Å². The first kappa shape index (κ1) is 20.2. The molecule has 148 valence electrons. The minimum absolute atomic E-state index is 0.293. The topological polar surface area (TPSA) is 84.0 Å². The molecule has 3 rings (SSSR count). The van der Waals surface area contributed by atoms with Crippen molar-refractivity contribution < 1.29 is 9.59 Å². The van der Waals surface area contributed by atoms with E-state index < -0.39 is 11.9 Å². The van der Waals surface area contributed by atoms with Gasteiger partial charge in [-0.05, 0) is 44.4 Å². The van der Waals surface area contributed by atoms with Crippen LogP contribution < -0.4 is 10.6 Å². The lowest BCUT2D eigenvalue weighted by atomic mass is 10.0. The normalized spacial score (nSPS) is 10.5. The average molecular weight is 388 g/mol. The fraction of sp³-hybridized carbons (Fsp3) is 0.217. The highest BCUT2D eigenvalue weighted by Crippen LogP contribution is 2.14. The molecule has 6 heteroatoms. The maximum absolute atomic E-state index is 12.4. The summed E-state index contributed by atoms with van der Waals surface area (Å²) in [6.07, 6.45) is 2.16. The van der Waals surface area contributed by atoms with Gasteiger partial charge in [-0.2, -0.15) is 0 Å². The number of nitrogens with zero attached hydrogens (tertiary/aromatic N) is 2. The first-order valence-electron chi connectivity index (χ1n) is 9.40. The summed E-state index contributed by atoms with van der Waals surface area (Å²) in [6.45, 7) is 7.57. The third kappa shape index (κ3) is 5.04. The first-order valence-corrected chi connectivity index (χ1v) is 9.40. The Kier molecular flexibility index (Phi) is 6.02. The molecular weight excluding hydrogens is 364 g/mol. The molecule has 0 bridgehead atoms.